The molecule has 1 aliphatic rings. The number of rotatable bonds is 6. The summed E-state index contributed by atoms with van der Waals surface area (Å²) in [5.41, 5.74) is 1.02. The third-order valence-corrected chi connectivity index (χ3v) is 4.11. The van der Waals surface area contributed by atoms with Crippen LogP contribution in [0.1, 0.15) is 18.5 Å². The van der Waals surface area contributed by atoms with Crippen molar-refractivity contribution in [2.24, 2.45) is 0 Å². The summed E-state index contributed by atoms with van der Waals surface area (Å²) in [4.78, 5) is 11.1. The average molecular weight is 312 g/mol. The van der Waals surface area contributed by atoms with Gasteiger partial charge in [-0.15, -0.1) is 0 Å². The standard InChI is InChI=1S/C18H24N4O/c1-15-7-10-20-18(21-15)22-12-8-16(9-13-22)19-11-14-23-17-5-3-2-4-6-17/h2-7,10,16,19H,8-9,11-14H2,1H3. The van der Waals surface area contributed by atoms with Crippen molar-refractivity contribution < 1.29 is 4.74 Å². The van der Waals surface area contributed by atoms with Crippen LogP contribution in [0, 0.1) is 6.92 Å². The lowest BCUT2D eigenvalue weighted by molar-refractivity contribution is 0.296. The molecular weight excluding hydrogens is 288 g/mol. The third-order valence-electron chi connectivity index (χ3n) is 4.11. The Balaban J connectivity index is 1.36. The highest BCUT2D eigenvalue weighted by Gasteiger charge is 2.20. The minimum absolute atomic E-state index is 0.551. The van der Waals surface area contributed by atoms with Crippen molar-refractivity contribution in [3.63, 3.8) is 0 Å². The van der Waals surface area contributed by atoms with E-state index in [1.165, 1.54) is 0 Å². The maximum atomic E-state index is 5.71. The molecule has 0 aliphatic carbocycles. The normalized spacial score (nSPS) is 15.6. The van der Waals surface area contributed by atoms with Gasteiger partial charge in [0, 0.05) is 37.6 Å². The first-order valence-electron chi connectivity index (χ1n) is 8.27. The van der Waals surface area contributed by atoms with E-state index in [1.807, 2.05) is 49.5 Å². The molecule has 1 aliphatic heterocycles. The van der Waals surface area contributed by atoms with Crippen molar-refractivity contribution in [3.05, 3.63) is 48.3 Å². The number of nitrogens with one attached hydrogen (secondary N) is 1. The van der Waals surface area contributed by atoms with Crippen molar-refractivity contribution in [1.29, 1.82) is 0 Å². The lowest BCUT2D eigenvalue weighted by Gasteiger charge is -2.32. The summed E-state index contributed by atoms with van der Waals surface area (Å²) in [5, 5.41) is 3.58. The van der Waals surface area contributed by atoms with Crippen LogP contribution in [0.15, 0.2) is 42.6 Å². The highest BCUT2D eigenvalue weighted by atomic mass is 16.5. The molecule has 0 saturated carbocycles. The van der Waals surface area contributed by atoms with E-state index in [4.69, 9.17) is 4.74 Å². The molecule has 3 rings (SSSR count). The monoisotopic (exact) mass is 312 g/mol. The van der Waals surface area contributed by atoms with Gasteiger partial charge in [-0.2, -0.15) is 0 Å². The van der Waals surface area contributed by atoms with Crippen LogP contribution in [0.2, 0.25) is 0 Å². The van der Waals surface area contributed by atoms with Gasteiger partial charge < -0.3 is 15.0 Å². The zero-order valence-corrected chi connectivity index (χ0v) is 13.6. The third kappa shape index (κ3) is 4.66. The number of aromatic nitrogens is 2. The molecule has 0 unspecified atom stereocenters. The molecule has 0 spiro atoms. The summed E-state index contributed by atoms with van der Waals surface area (Å²) in [7, 11) is 0. The van der Waals surface area contributed by atoms with Crippen LogP contribution in [0.5, 0.6) is 5.75 Å². The number of aryl methyl sites for hydroxylation is 1. The van der Waals surface area contributed by atoms with E-state index >= 15 is 0 Å². The lowest BCUT2D eigenvalue weighted by Crippen LogP contribution is -2.44. The molecule has 2 aromatic rings. The molecular formula is C18H24N4O. The first-order valence-corrected chi connectivity index (χ1v) is 8.27. The van der Waals surface area contributed by atoms with Gasteiger partial charge in [-0.1, -0.05) is 18.2 Å². The maximum absolute atomic E-state index is 5.71. The van der Waals surface area contributed by atoms with Gasteiger partial charge >= 0.3 is 0 Å². The number of nitrogens with zero attached hydrogens (tertiary/aromatic N) is 3. The molecule has 0 radical (unpaired) electrons. The SMILES string of the molecule is Cc1ccnc(N2CCC(NCCOc3ccccc3)CC2)n1. The van der Waals surface area contributed by atoms with Crippen molar-refractivity contribution in [2.45, 2.75) is 25.8 Å². The summed E-state index contributed by atoms with van der Waals surface area (Å²) in [6.45, 7) is 5.58. The van der Waals surface area contributed by atoms with Crippen molar-refractivity contribution in [3.8, 4) is 5.75 Å². The molecule has 1 N–H and O–H groups in total. The Kier molecular flexibility index (Phi) is 5.42. The fourth-order valence-electron chi connectivity index (χ4n) is 2.82. The molecule has 1 fully saturated rings. The first-order chi connectivity index (χ1) is 11.3. The Morgan fingerprint density at radius 1 is 1.17 bits per heavy atom. The van der Waals surface area contributed by atoms with Crippen LogP contribution in [0.25, 0.3) is 0 Å². The fraction of sp³-hybridized carbons (Fsp3) is 0.444. The summed E-state index contributed by atoms with van der Waals surface area (Å²) in [5.74, 6) is 1.79. The maximum Gasteiger partial charge on any atom is 0.225 e. The molecule has 23 heavy (non-hydrogen) atoms. The second-order valence-electron chi connectivity index (χ2n) is 5.87. The Labute approximate surface area is 137 Å². The Hall–Kier alpha value is -2.14. The molecule has 5 heteroatoms. The lowest BCUT2D eigenvalue weighted by atomic mass is 10.1. The predicted octanol–water partition coefficient (Wildman–Crippen LogP) is 2.42. The van der Waals surface area contributed by atoms with Crippen LogP contribution >= 0.6 is 0 Å². The summed E-state index contributed by atoms with van der Waals surface area (Å²) < 4.78 is 5.71. The van der Waals surface area contributed by atoms with E-state index in [-0.39, 0.29) is 0 Å². The summed E-state index contributed by atoms with van der Waals surface area (Å²) in [6.07, 6.45) is 4.06. The van der Waals surface area contributed by atoms with E-state index in [0.29, 0.717) is 12.6 Å². The molecule has 5 nitrogen and oxygen atoms in total. The molecule has 0 amide bonds. The van der Waals surface area contributed by atoms with Crippen molar-refractivity contribution in [1.82, 2.24) is 15.3 Å². The zero-order chi connectivity index (χ0) is 15.9. The highest BCUT2D eigenvalue weighted by Crippen LogP contribution is 2.16. The van der Waals surface area contributed by atoms with Gasteiger partial charge in [0.25, 0.3) is 0 Å². The van der Waals surface area contributed by atoms with Gasteiger partial charge in [-0.25, -0.2) is 9.97 Å². The van der Waals surface area contributed by atoms with Crippen molar-refractivity contribution >= 4 is 5.95 Å². The van der Waals surface area contributed by atoms with E-state index in [0.717, 1.165) is 49.9 Å². The van der Waals surface area contributed by atoms with Gasteiger partial charge in [0.2, 0.25) is 5.95 Å². The number of ether oxygens (including phenoxy) is 1. The van der Waals surface area contributed by atoms with Gasteiger partial charge in [-0.3, -0.25) is 0 Å². The topological polar surface area (TPSA) is 50.3 Å². The van der Waals surface area contributed by atoms with Gasteiger partial charge in [0.15, 0.2) is 0 Å². The van der Waals surface area contributed by atoms with Crippen LogP contribution in [-0.2, 0) is 0 Å². The Morgan fingerprint density at radius 2 is 1.96 bits per heavy atom. The Bertz CT molecular complexity index is 597. The first kappa shape index (κ1) is 15.7. The van der Waals surface area contributed by atoms with Gasteiger partial charge in [0.1, 0.15) is 12.4 Å². The minimum atomic E-state index is 0.551. The van der Waals surface area contributed by atoms with E-state index in [9.17, 15) is 0 Å². The summed E-state index contributed by atoms with van der Waals surface area (Å²) >= 11 is 0. The van der Waals surface area contributed by atoms with E-state index in [1.54, 1.807) is 0 Å². The number of para-hydroxylation sites is 1. The number of hydrogen-bond acceptors (Lipinski definition) is 5. The predicted molar refractivity (Wildman–Crippen MR) is 91.9 cm³/mol. The van der Waals surface area contributed by atoms with Gasteiger partial charge in [-0.05, 0) is 38.0 Å². The van der Waals surface area contributed by atoms with Crippen LogP contribution in [0.3, 0.4) is 0 Å². The molecule has 0 bridgehead atoms. The smallest absolute Gasteiger partial charge is 0.225 e. The molecule has 122 valence electrons. The fourth-order valence-corrected chi connectivity index (χ4v) is 2.82. The number of anilines is 1. The number of hydrogen-bond donors (Lipinski definition) is 1. The van der Waals surface area contributed by atoms with E-state index < -0.39 is 0 Å². The summed E-state index contributed by atoms with van der Waals surface area (Å²) in [6, 6.07) is 12.4. The molecule has 1 saturated heterocycles. The molecule has 1 aromatic carbocycles. The molecule has 2 heterocycles. The number of benzene rings is 1. The largest absolute Gasteiger partial charge is 0.492 e. The van der Waals surface area contributed by atoms with Crippen LogP contribution < -0.4 is 15.0 Å². The average Bonchev–Trinajstić information content (AvgIpc) is 2.60. The minimum Gasteiger partial charge on any atom is -0.492 e. The molecule has 1 aromatic heterocycles. The second-order valence-corrected chi connectivity index (χ2v) is 5.87. The number of piperidine rings is 1. The Morgan fingerprint density at radius 3 is 2.70 bits per heavy atom. The second kappa shape index (κ2) is 7.92. The quantitative estimate of drug-likeness (QED) is 0.830. The van der Waals surface area contributed by atoms with Gasteiger partial charge in [0.05, 0.1) is 0 Å². The van der Waals surface area contributed by atoms with Crippen molar-refractivity contribution in [2.75, 3.05) is 31.1 Å². The van der Waals surface area contributed by atoms with E-state index in [2.05, 4.69) is 20.2 Å². The molecule has 0 atom stereocenters. The zero-order valence-electron chi connectivity index (χ0n) is 13.6. The van der Waals surface area contributed by atoms with Crippen LogP contribution in [0.4, 0.5) is 5.95 Å². The highest BCUT2D eigenvalue weighted by molar-refractivity contribution is 5.30. The van der Waals surface area contributed by atoms with Crippen LogP contribution in [-0.4, -0.2) is 42.3 Å².